The molecule has 6 nitrogen and oxygen atoms in total. The van der Waals surface area contributed by atoms with Gasteiger partial charge in [0.1, 0.15) is 17.3 Å². The molecule has 0 atom stereocenters. The van der Waals surface area contributed by atoms with Crippen molar-refractivity contribution in [3.8, 4) is 11.3 Å². The average molecular weight is 373 g/mol. The molecule has 2 aromatic heterocycles. The van der Waals surface area contributed by atoms with Crippen LogP contribution in [0.2, 0.25) is 0 Å². The predicted molar refractivity (Wildman–Crippen MR) is 96.7 cm³/mol. The number of hydrogen-bond donors (Lipinski definition) is 2. The zero-order valence-electron chi connectivity index (χ0n) is 14.1. The number of aryl methyl sites for hydroxylation is 2. The van der Waals surface area contributed by atoms with Crippen LogP contribution in [-0.2, 0) is 4.79 Å². The number of halogens is 1. The molecule has 0 bridgehead atoms. The Bertz CT molecular complexity index is 964. The lowest BCUT2D eigenvalue weighted by Gasteiger charge is -2.05. The average Bonchev–Trinajstić information content (AvgIpc) is 3.19. The first kappa shape index (κ1) is 17.8. The minimum Gasteiger partial charge on any atom is -0.466 e. The highest BCUT2D eigenvalue weighted by Gasteiger charge is 2.14. The van der Waals surface area contributed by atoms with E-state index < -0.39 is 17.6 Å². The maximum atomic E-state index is 13.5. The number of anilines is 1. The predicted octanol–water partition coefficient (Wildman–Crippen LogP) is 3.53. The normalized spacial score (nSPS) is 10.6. The van der Waals surface area contributed by atoms with Crippen LogP contribution in [0.5, 0.6) is 0 Å². The third kappa shape index (κ3) is 3.97. The number of furan rings is 1. The number of rotatable bonds is 5. The van der Waals surface area contributed by atoms with Gasteiger partial charge in [0, 0.05) is 10.9 Å². The minimum atomic E-state index is -0.650. The standard InChI is InChI=1S/C18H16FN3O3S/c1-10-7-13(11(2)25-10)15-9-26-18(21-15)22-16(23)8-20-17(24)12-5-3-4-6-14(12)19/h3-7,9H,8H2,1-2H3,(H,20,24)(H,21,22,23). The molecule has 0 unspecified atom stereocenters. The molecule has 3 rings (SSSR count). The zero-order chi connectivity index (χ0) is 18.7. The third-order valence-corrected chi connectivity index (χ3v) is 4.35. The first-order valence-electron chi connectivity index (χ1n) is 7.79. The summed E-state index contributed by atoms with van der Waals surface area (Å²) in [6.07, 6.45) is 0. The van der Waals surface area contributed by atoms with Crippen LogP contribution >= 0.6 is 11.3 Å². The second-order valence-corrected chi connectivity index (χ2v) is 6.43. The van der Waals surface area contributed by atoms with Crippen molar-refractivity contribution in [2.45, 2.75) is 13.8 Å². The second-order valence-electron chi connectivity index (χ2n) is 5.58. The Balaban J connectivity index is 1.58. The van der Waals surface area contributed by atoms with Crippen molar-refractivity contribution >= 4 is 28.3 Å². The topological polar surface area (TPSA) is 84.2 Å². The maximum absolute atomic E-state index is 13.5. The van der Waals surface area contributed by atoms with E-state index in [4.69, 9.17) is 4.42 Å². The van der Waals surface area contributed by atoms with E-state index in [2.05, 4.69) is 15.6 Å². The number of carbonyl (C=O) groups is 2. The minimum absolute atomic E-state index is 0.109. The van der Waals surface area contributed by atoms with Crippen LogP contribution in [0.25, 0.3) is 11.3 Å². The number of amides is 2. The van der Waals surface area contributed by atoms with Crippen LogP contribution in [0.1, 0.15) is 21.9 Å². The molecule has 0 radical (unpaired) electrons. The van der Waals surface area contributed by atoms with E-state index in [1.807, 2.05) is 25.3 Å². The van der Waals surface area contributed by atoms with E-state index in [1.54, 1.807) is 6.07 Å². The molecule has 2 heterocycles. The van der Waals surface area contributed by atoms with Gasteiger partial charge in [-0.15, -0.1) is 11.3 Å². The van der Waals surface area contributed by atoms with Crippen LogP contribution in [0, 0.1) is 19.7 Å². The van der Waals surface area contributed by atoms with Gasteiger partial charge in [-0.2, -0.15) is 0 Å². The number of nitrogens with zero attached hydrogens (tertiary/aromatic N) is 1. The highest BCUT2D eigenvalue weighted by molar-refractivity contribution is 7.14. The number of carbonyl (C=O) groups excluding carboxylic acids is 2. The smallest absolute Gasteiger partial charge is 0.254 e. The van der Waals surface area contributed by atoms with Gasteiger partial charge in [-0.3, -0.25) is 9.59 Å². The fraction of sp³-hybridized carbons (Fsp3) is 0.167. The summed E-state index contributed by atoms with van der Waals surface area (Å²) in [4.78, 5) is 28.2. The Morgan fingerprint density at radius 2 is 2.04 bits per heavy atom. The summed E-state index contributed by atoms with van der Waals surface area (Å²) in [5.41, 5.74) is 1.46. The van der Waals surface area contributed by atoms with Gasteiger partial charge in [0.25, 0.3) is 5.91 Å². The number of aromatic nitrogens is 1. The summed E-state index contributed by atoms with van der Waals surface area (Å²) >= 11 is 1.27. The molecule has 134 valence electrons. The van der Waals surface area contributed by atoms with Gasteiger partial charge in [0.15, 0.2) is 5.13 Å². The molecule has 2 amide bonds. The largest absolute Gasteiger partial charge is 0.466 e. The summed E-state index contributed by atoms with van der Waals surface area (Å²) in [7, 11) is 0. The number of thiazole rings is 1. The Hall–Kier alpha value is -3.00. The molecule has 8 heteroatoms. The van der Waals surface area contributed by atoms with Gasteiger partial charge in [-0.05, 0) is 32.0 Å². The Labute approximate surface area is 153 Å². The van der Waals surface area contributed by atoms with Crippen molar-refractivity contribution in [2.24, 2.45) is 0 Å². The summed E-state index contributed by atoms with van der Waals surface area (Å²) in [5, 5.41) is 7.21. The second kappa shape index (κ2) is 7.49. The van der Waals surface area contributed by atoms with Gasteiger partial charge in [0.2, 0.25) is 5.91 Å². The Kier molecular flexibility index (Phi) is 5.13. The molecular formula is C18H16FN3O3S. The van der Waals surface area contributed by atoms with Crippen LogP contribution in [-0.4, -0.2) is 23.3 Å². The molecule has 26 heavy (non-hydrogen) atoms. The van der Waals surface area contributed by atoms with Crippen molar-refractivity contribution < 1.29 is 18.4 Å². The van der Waals surface area contributed by atoms with Gasteiger partial charge < -0.3 is 15.1 Å². The van der Waals surface area contributed by atoms with Crippen LogP contribution in [0.15, 0.2) is 40.1 Å². The number of hydrogen-bond acceptors (Lipinski definition) is 5. The SMILES string of the molecule is Cc1cc(-c2csc(NC(=O)CNC(=O)c3ccccc3F)n2)c(C)o1. The van der Waals surface area contributed by atoms with Crippen molar-refractivity contribution in [3.05, 3.63) is 58.6 Å². The van der Waals surface area contributed by atoms with Gasteiger partial charge in [-0.25, -0.2) is 9.37 Å². The highest BCUT2D eigenvalue weighted by atomic mass is 32.1. The molecule has 0 saturated heterocycles. The molecule has 3 aromatic rings. The van der Waals surface area contributed by atoms with Gasteiger partial charge in [0.05, 0.1) is 17.8 Å². The highest BCUT2D eigenvalue weighted by Crippen LogP contribution is 2.29. The molecule has 2 N–H and O–H groups in total. The number of nitrogens with one attached hydrogen (secondary N) is 2. The Morgan fingerprint density at radius 3 is 2.73 bits per heavy atom. The molecular weight excluding hydrogens is 357 g/mol. The quantitative estimate of drug-likeness (QED) is 0.717. The lowest BCUT2D eigenvalue weighted by Crippen LogP contribution is -2.33. The molecule has 0 aliphatic rings. The molecule has 1 aromatic carbocycles. The van der Waals surface area contributed by atoms with Crippen molar-refractivity contribution in [1.29, 1.82) is 0 Å². The van der Waals surface area contributed by atoms with Crippen molar-refractivity contribution in [3.63, 3.8) is 0 Å². The monoisotopic (exact) mass is 373 g/mol. The van der Waals surface area contributed by atoms with Crippen LogP contribution in [0.3, 0.4) is 0 Å². The fourth-order valence-corrected chi connectivity index (χ4v) is 3.13. The van der Waals surface area contributed by atoms with E-state index in [0.29, 0.717) is 10.8 Å². The fourth-order valence-electron chi connectivity index (χ4n) is 2.40. The van der Waals surface area contributed by atoms with Gasteiger partial charge in [-0.1, -0.05) is 12.1 Å². The lowest BCUT2D eigenvalue weighted by atomic mass is 10.2. The van der Waals surface area contributed by atoms with E-state index in [-0.39, 0.29) is 12.1 Å². The summed E-state index contributed by atoms with van der Waals surface area (Å²) in [6.45, 7) is 3.41. The summed E-state index contributed by atoms with van der Waals surface area (Å²) < 4.78 is 19.0. The first-order chi connectivity index (χ1) is 12.4. The van der Waals surface area contributed by atoms with Crippen molar-refractivity contribution in [2.75, 3.05) is 11.9 Å². The van der Waals surface area contributed by atoms with E-state index in [0.717, 1.165) is 17.1 Å². The zero-order valence-corrected chi connectivity index (χ0v) is 14.9. The molecule has 0 spiro atoms. The van der Waals surface area contributed by atoms with E-state index in [9.17, 15) is 14.0 Å². The summed E-state index contributed by atoms with van der Waals surface area (Å²) in [5.74, 6) is -0.200. The lowest BCUT2D eigenvalue weighted by molar-refractivity contribution is -0.115. The van der Waals surface area contributed by atoms with Crippen LogP contribution in [0.4, 0.5) is 9.52 Å². The van der Waals surface area contributed by atoms with E-state index >= 15 is 0 Å². The number of benzene rings is 1. The molecule has 0 fully saturated rings. The van der Waals surface area contributed by atoms with Crippen LogP contribution < -0.4 is 10.6 Å². The molecule has 0 saturated carbocycles. The van der Waals surface area contributed by atoms with Gasteiger partial charge >= 0.3 is 0 Å². The third-order valence-electron chi connectivity index (χ3n) is 3.60. The summed E-state index contributed by atoms with van der Waals surface area (Å²) in [6, 6.07) is 7.46. The van der Waals surface area contributed by atoms with E-state index in [1.165, 1.54) is 29.5 Å². The van der Waals surface area contributed by atoms with Crippen molar-refractivity contribution in [1.82, 2.24) is 10.3 Å². The maximum Gasteiger partial charge on any atom is 0.254 e. The Morgan fingerprint density at radius 1 is 1.27 bits per heavy atom. The molecule has 0 aliphatic carbocycles. The first-order valence-corrected chi connectivity index (χ1v) is 8.67. The molecule has 0 aliphatic heterocycles.